The maximum Gasteiger partial charge on any atom is 0.157 e. The molecule has 1 rings (SSSR count). The highest BCUT2D eigenvalue weighted by Crippen LogP contribution is 2.04. The van der Waals surface area contributed by atoms with Crippen molar-refractivity contribution in [3.05, 3.63) is 29.3 Å². The van der Waals surface area contributed by atoms with Crippen LogP contribution in [0.4, 0.5) is 4.39 Å². The molecule has 0 amide bonds. The molecule has 0 saturated heterocycles. The zero-order chi connectivity index (χ0) is 9.84. The van der Waals surface area contributed by atoms with Gasteiger partial charge in [-0.3, -0.25) is 0 Å². The van der Waals surface area contributed by atoms with Crippen LogP contribution in [0.2, 0.25) is 0 Å². The molecule has 0 fully saturated rings. The zero-order valence-electron chi connectivity index (χ0n) is 7.50. The molecule has 13 heavy (non-hydrogen) atoms. The summed E-state index contributed by atoms with van der Waals surface area (Å²) in [4.78, 5) is 3.79. The van der Waals surface area contributed by atoms with Crippen LogP contribution in [0.15, 0.2) is 12.3 Å². The second-order valence-electron chi connectivity index (χ2n) is 2.79. The van der Waals surface area contributed by atoms with E-state index in [1.165, 1.54) is 19.2 Å². The summed E-state index contributed by atoms with van der Waals surface area (Å²) in [6, 6.07) is 1.36. The Morgan fingerprint density at radius 1 is 1.62 bits per heavy atom. The van der Waals surface area contributed by atoms with Gasteiger partial charge in [0, 0.05) is 6.20 Å². The number of nitrogens with zero attached hydrogens (tertiary/aromatic N) is 1. The summed E-state index contributed by atoms with van der Waals surface area (Å²) in [6.45, 7) is 3.26. The number of halogens is 1. The zero-order valence-corrected chi connectivity index (χ0v) is 7.50. The number of pyridine rings is 1. The van der Waals surface area contributed by atoms with Crippen molar-refractivity contribution in [2.45, 2.75) is 20.0 Å². The first-order valence-electron chi connectivity index (χ1n) is 3.91. The molecule has 1 aromatic rings. The van der Waals surface area contributed by atoms with Gasteiger partial charge in [0.2, 0.25) is 0 Å². The fraction of sp³-hybridized carbons (Fsp3) is 0.300. The number of aliphatic hydroxyl groups is 1. The summed E-state index contributed by atoms with van der Waals surface area (Å²) in [5, 5.41) is 8.84. The monoisotopic (exact) mass is 179 g/mol. The molecule has 0 aromatic carbocycles. The Kier molecular flexibility index (Phi) is 2.99. The summed E-state index contributed by atoms with van der Waals surface area (Å²) in [5.41, 5.74) is 0.826. The molecule has 68 valence electrons. The lowest BCUT2D eigenvalue weighted by atomic mass is 10.2. The van der Waals surface area contributed by atoms with Crippen LogP contribution in [0.5, 0.6) is 0 Å². The summed E-state index contributed by atoms with van der Waals surface area (Å²) in [6.07, 6.45) is 0.775. The number of rotatable bonds is 0. The van der Waals surface area contributed by atoms with Gasteiger partial charge in [-0.05, 0) is 31.4 Å². The molecular weight excluding hydrogens is 169 g/mol. The third-order valence-electron chi connectivity index (χ3n) is 1.38. The molecule has 2 nitrogen and oxygen atoms in total. The smallest absolute Gasteiger partial charge is 0.157 e. The molecule has 1 atom stereocenters. The lowest BCUT2D eigenvalue weighted by Gasteiger charge is -1.95. The summed E-state index contributed by atoms with van der Waals surface area (Å²) >= 11 is 0. The molecule has 0 radical (unpaired) electrons. The Morgan fingerprint density at radius 2 is 2.31 bits per heavy atom. The van der Waals surface area contributed by atoms with Crippen molar-refractivity contribution >= 4 is 0 Å². The van der Waals surface area contributed by atoms with Crippen molar-refractivity contribution in [3.63, 3.8) is 0 Å². The minimum Gasteiger partial charge on any atom is -0.381 e. The normalized spacial score (nSPS) is 11.7. The first kappa shape index (κ1) is 9.69. The van der Waals surface area contributed by atoms with Crippen molar-refractivity contribution in [2.24, 2.45) is 0 Å². The minimum atomic E-state index is -0.762. The van der Waals surface area contributed by atoms with E-state index in [0.717, 1.165) is 5.56 Å². The standard InChI is InChI=1S/C10H10FNO/c1-7-5-9(11)10(12-6-7)4-3-8(2)13/h5-6,8,13H,1-2H3. The van der Waals surface area contributed by atoms with E-state index in [0.29, 0.717) is 0 Å². The van der Waals surface area contributed by atoms with Crippen molar-refractivity contribution < 1.29 is 9.50 Å². The van der Waals surface area contributed by atoms with Crippen LogP contribution in [0, 0.1) is 24.6 Å². The van der Waals surface area contributed by atoms with Crippen LogP contribution in [-0.4, -0.2) is 16.2 Å². The van der Waals surface area contributed by atoms with Crippen molar-refractivity contribution in [2.75, 3.05) is 0 Å². The van der Waals surface area contributed by atoms with Crippen molar-refractivity contribution in [1.29, 1.82) is 0 Å². The molecular formula is C10H10FNO. The lowest BCUT2D eigenvalue weighted by molar-refractivity contribution is 0.253. The van der Waals surface area contributed by atoms with Crippen molar-refractivity contribution in [3.8, 4) is 11.8 Å². The second-order valence-corrected chi connectivity index (χ2v) is 2.79. The first-order valence-corrected chi connectivity index (χ1v) is 3.91. The van der Waals surface area contributed by atoms with Gasteiger partial charge in [-0.2, -0.15) is 0 Å². The molecule has 1 N–H and O–H groups in total. The van der Waals surface area contributed by atoms with E-state index in [-0.39, 0.29) is 5.69 Å². The van der Waals surface area contributed by atoms with Gasteiger partial charge >= 0.3 is 0 Å². The van der Waals surface area contributed by atoms with Gasteiger partial charge < -0.3 is 5.11 Å². The maximum absolute atomic E-state index is 13.1. The third-order valence-corrected chi connectivity index (χ3v) is 1.38. The van der Waals surface area contributed by atoms with Gasteiger partial charge in [0.1, 0.15) is 11.8 Å². The van der Waals surface area contributed by atoms with Gasteiger partial charge in [0.25, 0.3) is 0 Å². The Hall–Kier alpha value is -1.40. The number of hydrogen-bond acceptors (Lipinski definition) is 2. The van der Waals surface area contributed by atoms with Crippen LogP contribution < -0.4 is 0 Å². The maximum atomic E-state index is 13.1. The van der Waals surface area contributed by atoms with Crippen LogP contribution in [0.3, 0.4) is 0 Å². The fourth-order valence-corrected chi connectivity index (χ4v) is 0.798. The largest absolute Gasteiger partial charge is 0.381 e. The Morgan fingerprint density at radius 3 is 2.85 bits per heavy atom. The predicted octanol–water partition coefficient (Wildman–Crippen LogP) is 1.26. The fourth-order valence-electron chi connectivity index (χ4n) is 0.798. The van der Waals surface area contributed by atoms with E-state index in [1.807, 2.05) is 0 Å². The first-order chi connectivity index (χ1) is 6.09. The minimum absolute atomic E-state index is 0.0755. The number of aliphatic hydroxyl groups excluding tert-OH is 1. The summed E-state index contributed by atoms with van der Waals surface area (Å²) in [5.74, 6) is 4.43. The molecule has 3 heteroatoms. The Labute approximate surface area is 76.4 Å². The molecule has 0 bridgehead atoms. The average molecular weight is 179 g/mol. The second kappa shape index (κ2) is 4.01. The van der Waals surface area contributed by atoms with Gasteiger partial charge in [0.05, 0.1) is 0 Å². The van der Waals surface area contributed by atoms with Crippen LogP contribution in [-0.2, 0) is 0 Å². The van der Waals surface area contributed by atoms with Gasteiger partial charge in [-0.15, -0.1) is 0 Å². The molecule has 1 heterocycles. The van der Waals surface area contributed by atoms with E-state index < -0.39 is 11.9 Å². The van der Waals surface area contributed by atoms with Crippen LogP contribution in [0.1, 0.15) is 18.2 Å². The SMILES string of the molecule is Cc1cnc(C#CC(C)O)c(F)c1. The molecule has 0 aliphatic carbocycles. The lowest BCUT2D eigenvalue weighted by Crippen LogP contribution is -1.95. The summed E-state index contributed by atoms with van der Waals surface area (Å²) < 4.78 is 13.1. The number of aryl methyl sites for hydroxylation is 1. The van der Waals surface area contributed by atoms with Gasteiger partial charge in [-0.1, -0.05) is 5.92 Å². The van der Waals surface area contributed by atoms with Crippen molar-refractivity contribution in [1.82, 2.24) is 4.98 Å². The Bertz CT molecular complexity index is 363. The van der Waals surface area contributed by atoms with E-state index in [2.05, 4.69) is 16.8 Å². The number of hydrogen-bond donors (Lipinski definition) is 1. The van der Waals surface area contributed by atoms with Crippen LogP contribution in [0.25, 0.3) is 0 Å². The van der Waals surface area contributed by atoms with E-state index in [1.54, 1.807) is 6.92 Å². The molecule has 0 spiro atoms. The molecule has 1 aromatic heterocycles. The highest BCUT2D eigenvalue weighted by Gasteiger charge is 1.99. The number of aromatic nitrogens is 1. The highest BCUT2D eigenvalue weighted by atomic mass is 19.1. The Balaban J connectivity index is 2.98. The van der Waals surface area contributed by atoms with Gasteiger partial charge in [-0.25, -0.2) is 9.37 Å². The van der Waals surface area contributed by atoms with E-state index >= 15 is 0 Å². The highest BCUT2D eigenvalue weighted by molar-refractivity contribution is 5.31. The molecule has 1 unspecified atom stereocenters. The quantitative estimate of drug-likeness (QED) is 0.608. The van der Waals surface area contributed by atoms with E-state index in [4.69, 9.17) is 5.11 Å². The predicted molar refractivity (Wildman–Crippen MR) is 47.5 cm³/mol. The average Bonchev–Trinajstić information content (AvgIpc) is 2.02. The van der Waals surface area contributed by atoms with E-state index in [9.17, 15) is 4.39 Å². The third kappa shape index (κ3) is 2.85. The summed E-state index contributed by atoms with van der Waals surface area (Å²) in [7, 11) is 0. The van der Waals surface area contributed by atoms with Crippen LogP contribution >= 0.6 is 0 Å². The molecule has 0 aliphatic rings. The topological polar surface area (TPSA) is 33.1 Å². The molecule has 0 aliphatic heterocycles. The van der Waals surface area contributed by atoms with Gasteiger partial charge in [0.15, 0.2) is 5.82 Å². The molecule has 0 saturated carbocycles.